The second-order valence-corrected chi connectivity index (χ2v) is 7.23. The van der Waals surface area contributed by atoms with Gasteiger partial charge in [-0.3, -0.25) is 4.57 Å². The number of hydrogen-bond donors (Lipinski definition) is 5. The quantitative estimate of drug-likeness (QED) is 0.379. The van der Waals surface area contributed by atoms with Gasteiger partial charge in [-0.25, -0.2) is 4.98 Å². The number of anilines is 2. The Morgan fingerprint density at radius 2 is 1.93 bits per heavy atom. The molecule has 29 heavy (non-hydrogen) atoms. The van der Waals surface area contributed by atoms with Gasteiger partial charge in [0.1, 0.15) is 23.8 Å². The third-order valence-corrected chi connectivity index (χ3v) is 5.10. The number of imidazole rings is 1. The Bertz CT molecular complexity index is 998. The molecule has 0 spiro atoms. The van der Waals surface area contributed by atoms with Gasteiger partial charge in [-0.2, -0.15) is 9.97 Å². The van der Waals surface area contributed by atoms with Crippen LogP contribution in [0, 0.1) is 0 Å². The van der Waals surface area contributed by atoms with Crippen LogP contribution in [-0.4, -0.2) is 66.3 Å². The summed E-state index contributed by atoms with van der Waals surface area (Å²) < 4.78 is 7.03. The molecule has 1 saturated heterocycles. The molecule has 4 atom stereocenters. The van der Waals surface area contributed by atoms with Crippen LogP contribution in [-0.2, 0) is 11.2 Å². The summed E-state index contributed by atoms with van der Waals surface area (Å²) in [6, 6.07) is 7.55. The smallest absolute Gasteiger partial charge is 0.226 e. The van der Waals surface area contributed by atoms with Crippen molar-refractivity contribution < 1.29 is 20.1 Å². The molecule has 1 aromatic carbocycles. The van der Waals surface area contributed by atoms with E-state index in [0.717, 1.165) is 12.0 Å². The van der Waals surface area contributed by atoms with E-state index in [0.29, 0.717) is 28.7 Å². The minimum absolute atomic E-state index is 0.175. The number of fused-ring (bicyclic) bond motifs is 1. The van der Waals surface area contributed by atoms with E-state index >= 15 is 0 Å². The van der Waals surface area contributed by atoms with E-state index in [2.05, 4.69) is 20.3 Å². The Kier molecular flexibility index (Phi) is 5.52. The lowest BCUT2D eigenvalue weighted by Gasteiger charge is -2.16. The average Bonchev–Trinajstić information content (AvgIpc) is 3.25. The summed E-state index contributed by atoms with van der Waals surface area (Å²) in [6.07, 6.45) is -2.19. The van der Waals surface area contributed by atoms with Crippen LogP contribution < -0.4 is 11.1 Å². The maximum Gasteiger partial charge on any atom is 0.226 e. The molecule has 0 amide bonds. The predicted molar refractivity (Wildman–Crippen MR) is 106 cm³/mol. The molecule has 0 bridgehead atoms. The van der Waals surface area contributed by atoms with Crippen molar-refractivity contribution in [2.75, 3.05) is 24.2 Å². The lowest BCUT2D eigenvalue weighted by atomic mass is 10.1. The van der Waals surface area contributed by atoms with E-state index in [1.54, 1.807) is 0 Å². The molecule has 1 aliphatic rings. The first kappa shape index (κ1) is 19.8. The molecule has 0 aliphatic carbocycles. The normalized spacial score (nSPS) is 24.3. The molecule has 3 aromatic rings. The molecule has 1 unspecified atom stereocenters. The Balaban J connectivity index is 1.54. The van der Waals surface area contributed by atoms with E-state index in [1.165, 1.54) is 10.9 Å². The first-order chi connectivity index (χ1) is 14.0. The number of ether oxygens (including phenoxy) is 1. The summed E-state index contributed by atoms with van der Waals surface area (Å²) >= 11 is 5.89. The van der Waals surface area contributed by atoms with Gasteiger partial charge in [0.15, 0.2) is 17.7 Å². The van der Waals surface area contributed by atoms with Gasteiger partial charge in [-0.05, 0) is 24.1 Å². The highest BCUT2D eigenvalue weighted by molar-refractivity contribution is 6.30. The fourth-order valence-corrected chi connectivity index (χ4v) is 3.41. The van der Waals surface area contributed by atoms with Crippen molar-refractivity contribution in [2.24, 2.45) is 0 Å². The lowest BCUT2D eigenvalue weighted by molar-refractivity contribution is -0.0511. The van der Waals surface area contributed by atoms with Crippen molar-refractivity contribution >= 4 is 34.5 Å². The van der Waals surface area contributed by atoms with E-state index in [-0.39, 0.29) is 5.82 Å². The number of rotatable bonds is 6. The van der Waals surface area contributed by atoms with Crippen LogP contribution in [0.2, 0.25) is 5.02 Å². The molecule has 6 N–H and O–H groups in total. The molecule has 2 aromatic heterocycles. The highest BCUT2D eigenvalue weighted by atomic mass is 35.5. The Hall–Kier alpha value is -2.50. The van der Waals surface area contributed by atoms with Crippen LogP contribution in [0.4, 0.5) is 11.8 Å². The third kappa shape index (κ3) is 3.85. The van der Waals surface area contributed by atoms with Gasteiger partial charge in [0.05, 0.1) is 12.9 Å². The van der Waals surface area contributed by atoms with Crippen LogP contribution in [0.3, 0.4) is 0 Å². The van der Waals surface area contributed by atoms with Crippen molar-refractivity contribution in [2.45, 2.75) is 31.0 Å². The zero-order valence-corrected chi connectivity index (χ0v) is 16.1. The zero-order chi connectivity index (χ0) is 20.5. The summed E-state index contributed by atoms with van der Waals surface area (Å²) in [7, 11) is 0. The van der Waals surface area contributed by atoms with Gasteiger partial charge in [-0.15, -0.1) is 0 Å². The van der Waals surface area contributed by atoms with E-state index in [1.807, 2.05) is 24.3 Å². The number of hydrogen-bond acceptors (Lipinski definition) is 9. The number of halogens is 1. The molecular weight excluding hydrogens is 400 g/mol. The zero-order valence-electron chi connectivity index (χ0n) is 15.3. The van der Waals surface area contributed by atoms with Crippen molar-refractivity contribution in [3.63, 3.8) is 0 Å². The van der Waals surface area contributed by atoms with Crippen molar-refractivity contribution in [1.29, 1.82) is 0 Å². The van der Waals surface area contributed by atoms with Gasteiger partial charge in [-0.1, -0.05) is 23.7 Å². The highest BCUT2D eigenvalue weighted by Gasteiger charge is 2.44. The van der Waals surface area contributed by atoms with Crippen molar-refractivity contribution in [3.05, 3.63) is 41.2 Å². The van der Waals surface area contributed by atoms with Crippen molar-refractivity contribution in [3.8, 4) is 0 Å². The number of aliphatic hydroxyl groups is 3. The number of nitrogens with one attached hydrogen (secondary N) is 1. The van der Waals surface area contributed by atoms with Gasteiger partial charge in [0.2, 0.25) is 5.95 Å². The maximum absolute atomic E-state index is 10.3. The molecule has 1 aliphatic heterocycles. The minimum Gasteiger partial charge on any atom is -0.394 e. The molecule has 4 rings (SSSR count). The molecule has 1 fully saturated rings. The SMILES string of the molecule is Nc1nc(NCCc2ccc(Cl)cc2)nc2c1ncn2C1O[C@H](CO)[C@@H](O)[C@H]1O. The number of nitrogens with zero attached hydrogens (tertiary/aromatic N) is 4. The third-order valence-electron chi connectivity index (χ3n) is 4.85. The topological polar surface area (TPSA) is 152 Å². The molecule has 11 heteroatoms. The number of nitrogen functional groups attached to an aromatic ring is 1. The molecule has 0 saturated carbocycles. The predicted octanol–water partition coefficient (Wildman–Crippen LogP) is 0.328. The summed E-state index contributed by atoms with van der Waals surface area (Å²) in [5.74, 6) is 0.479. The first-order valence-electron chi connectivity index (χ1n) is 9.08. The fraction of sp³-hybridized carbons (Fsp3) is 0.389. The number of aliphatic hydroxyl groups excluding tert-OH is 3. The molecular formula is C18H21ClN6O4. The van der Waals surface area contributed by atoms with Crippen molar-refractivity contribution in [1.82, 2.24) is 19.5 Å². The largest absolute Gasteiger partial charge is 0.394 e. The molecule has 154 valence electrons. The fourth-order valence-electron chi connectivity index (χ4n) is 3.28. The minimum atomic E-state index is -1.25. The monoisotopic (exact) mass is 420 g/mol. The summed E-state index contributed by atoms with van der Waals surface area (Å²) in [5, 5.41) is 33.4. The van der Waals surface area contributed by atoms with Crippen LogP contribution in [0.15, 0.2) is 30.6 Å². The number of nitrogens with two attached hydrogens (primary N) is 1. The van der Waals surface area contributed by atoms with Gasteiger partial charge >= 0.3 is 0 Å². The number of benzene rings is 1. The first-order valence-corrected chi connectivity index (χ1v) is 9.46. The van der Waals surface area contributed by atoms with Crippen LogP contribution in [0.25, 0.3) is 11.2 Å². The van der Waals surface area contributed by atoms with Gasteiger partial charge in [0, 0.05) is 11.6 Å². The van der Waals surface area contributed by atoms with Crippen LogP contribution >= 0.6 is 11.6 Å². The van der Waals surface area contributed by atoms with E-state index in [4.69, 9.17) is 22.1 Å². The van der Waals surface area contributed by atoms with E-state index in [9.17, 15) is 15.3 Å². The summed E-state index contributed by atoms with van der Waals surface area (Å²) in [4.78, 5) is 12.8. The second kappa shape index (κ2) is 8.09. The Labute approximate surface area is 170 Å². The Morgan fingerprint density at radius 1 is 1.17 bits per heavy atom. The van der Waals surface area contributed by atoms with Gasteiger partial charge in [0.25, 0.3) is 0 Å². The standard InChI is InChI=1S/C18H21ClN6O4/c19-10-3-1-9(2-4-10)5-6-21-18-23-15(20)12-16(24-18)25(8-22-12)17-14(28)13(27)11(7-26)29-17/h1-4,8,11,13-14,17,26-28H,5-7H2,(H3,20,21,23,24)/t11-,13-,14-,17?/m1/s1. The summed E-state index contributed by atoms with van der Waals surface area (Å²) in [6.45, 7) is 0.143. The summed E-state index contributed by atoms with van der Waals surface area (Å²) in [5.41, 5.74) is 7.82. The van der Waals surface area contributed by atoms with Crippen LogP contribution in [0.1, 0.15) is 11.8 Å². The molecule has 3 heterocycles. The second-order valence-electron chi connectivity index (χ2n) is 6.79. The van der Waals surface area contributed by atoms with E-state index < -0.39 is 31.1 Å². The number of aromatic nitrogens is 4. The van der Waals surface area contributed by atoms with Crippen LogP contribution in [0.5, 0.6) is 0 Å². The van der Waals surface area contributed by atoms with Gasteiger partial charge < -0.3 is 31.1 Å². The molecule has 10 nitrogen and oxygen atoms in total. The average molecular weight is 421 g/mol. The molecule has 0 radical (unpaired) electrons. The maximum atomic E-state index is 10.3. The lowest BCUT2D eigenvalue weighted by Crippen LogP contribution is -2.33. The highest BCUT2D eigenvalue weighted by Crippen LogP contribution is 2.32. The Morgan fingerprint density at radius 3 is 2.62 bits per heavy atom.